The average Bonchev–Trinajstić information content (AvgIpc) is 3.03. The van der Waals surface area contributed by atoms with Gasteiger partial charge in [-0.2, -0.15) is 0 Å². The Morgan fingerprint density at radius 3 is 2.52 bits per heavy atom. The molecule has 2 aromatic rings. The third kappa shape index (κ3) is 5.17. The van der Waals surface area contributed by atoms with Crippen molar-refractivity contribution in [3.63, 3.8) is 0 Å². The lowest BCUT2D eigenvalue weighted by Crippen LogP contribution is -2.28. The van der Waals surface area contributed by atoms with Crippen LogP contribution in [0.1, 0.15) is 17.5 Å². The number of carbonyl (C=O) groups excluding carboxylic acids is 3. The summed E-state index contributed by atoms with van der Waals surface area (Å²) < 4.78 is 5.09. The quantitative estimate of drug-likeness (QED) is 0.797. The first-order valence-corrected chi connectivity index (χ1v) is 8.86. The summed E-state index contributed by atoms with van der Waals surface area (Å²) in [5.41, 5.74) is 2.81. The summed E-state index contributed by atoms with van der Waals surface area (Å²) in [4.78, 5) is 37.9. The first-order chi connectivity index (χ1) is 13.0. The van der Waals surface area contributed by atoms with Crippen molar-refractivity contribution in [3.8, 4) is 0 Å². The molecule has 2 aromatic carbocycles. The molecule has 1 N–H and O–H groups in total. The van der Waals surface area contributed by atoms with Crippen LogP contribution in [-0.2, 0) is 25.7 Å². The number of amides is 2. The summed E-state index contributed by atoms with van der Waals surface area (Å²) in [6.07, 6.45) is 0.116. The zero-order valence-corrected chi connectivity index (χ0v) is 15.2. The van der Waals surface area contributed by atoms with Gasteiger partial charge in [-0.15, -0.1) is 0 Å². The van der Waals surface area contributed by atoms with Crippen molar-refractivity contribution >= 4 is 23.5 Å². The molecular weight excluding hydrogens is 344 g/mol. The Morgan fingerprint density at radius 2 is 1.81 bits per heavy atom. The number of likely N-dealkylation sites (tertiary alicyclic amines) is 1. The largest absolute Gasteiger partial charge is 0.455 e. The molecule has 0 saturated carbocycles. The zero-order valence-electron chi connectivity index (χ0n) is 15.2. The number of ether oxygens (including phenoxy) is 1. The molecule has 2 amide bonds. The number of carbonyl (C=O) groups is 3. The normalized spacial score (nSPS) is 16.3. The van der Waals surface area contributed by atoms with E-state index < -0.39 is 17.8 Å². The SMILES string of the molecule is Cc1ccc(CN2C[C@H](C(=O)OCC(=O)Nc3ccccc3)CC2=O)cc1. The van der Waals surface area contributed by atoms with E-state index in [2.05, 4.69) is 5.32 Å². The number of anilines is 1. The van der Waals surface area contributed by atoms with Gasteiger partial charge in [-0.05, 0) is 24.6 Å². The standard InChI is InChI=1S/C21H22N2O4/c1-15-7-9-16(10-8-15)12-23-13-17(11-20(23)25)21(26)27-14-19(24)22-18-5-3-2-4-6-18/h2-10,17H,11-14H2,1H3,(H,22,24)/t17-/m1/s1. The van der Waals surface area contributed by atoms with Crippen molar-refractivity contribution in [2.45, 2.75) is 19.9 Å². The van der Waals surface area contributed by atoms with Crippen LogP contribution in [0.3, 0.4) is 0 Å². The fourth-order valence-corrected chi connectivity index (χ4v) is 2.97. The van der Waals surface area contributed by atoms with Crippen molar-refractivity contribution < 1.29 is 19.1 Å². The minimum absolute atomic E-state index is 0.0775. The molecule has 6 heteroatoms. The molecule has 0 aliphatic carbocycles. The number of hydrogen-bond donors (Lipinski definition) is 1. The predicted molar refractivity (Wildman–Crippen MR) is 101 cm³/mol. The molecule has 1 saturated heterocycles. The Bertz CT molecular complexity index is 818. The van der Waals surface area contributed by atoms with E-state index in [0.29, 0.717) is 18.8 Å². The second-order valence-corrected chi connectivity index (χ2v) is 6.68. The fraction of sp³-hybridized carbons (Fsp3) is 0.286. The number of nitrogens with one attached hydrogen (secondary N) is 1. The number of rotatable bonds is 6. The van der Waals surface area contributed by atoms with E-state index in [1.165, 1.54) is 0 Å². The molecule has 3 rings (SSSR count). The van der Waals surface area contributed by atoms with Crippen molar-refractivity contribution in [1.29, 1.82) is 0 Å². The molecule has 1 aliphatic heterocycles. The van der Waals surface area contributed by atoms with E-state index >= 15 is 0 Å². The molecule has 0 radical (unpaired) electrons. The Kier molecular flexibility index (Phi) is 5.86. The predicted octanol–water partition coefficient (Wildman–Crippen LogP) is 2.53. The molecular formula is C21H22N2O4. The van der Waals surface area contributed by atoms with Crippen molar-refractivity contribution in [2.75, 3.05) is 18.5 Å². The number of aryl methyl sites for hydroxylation is 1. The molecule has 0 bridgehead atoms. The maximum absolute atomic E-state index is 12.2. The van der Waals surface area contributed by atoms with Crippen LogP contribution < -0.4 is 5.32 Å². The second-order valence-electron chi connectivity index (χ2n) is 6.68. The van der Waals surface area contributed by atoms with Crippen molar-refractivity contribution in [3.05, 3.63) is 65.7 Å². The molecule has 6 nitrogen and oxygen atoms in total. The summed E-state index contributed by atoms with van der Waals surface area (Å²) in [6, 6.07) is 16.9. The maximum atomic E-state index is 12.2. The second kappa shape index (κ2) is 8.49. The number of benzene rings is 2. The molecule has 1 heterocycles. The summed E-state index contributed by atoms with van der Waals surface area (Å²) in [7, 11) is 0. The van der Waals surface area contributed by atoms with E-state index in [1.54, 1.807) is 29.2 Å². The van der Waals surface area contributed by atoms with E-state index in [4.69, 9.17) is 4.74 Å². The lowest BCUT2D eigenvalue weighted by molar-refractivity contribution is -0.151. The molecule has 0 unspecified atom stereocenters. The molecule has 0 aromatic heterocycles. The summed E-state index contributed by atoms with van der Waals surface area (Å²) >= 11 is 0. The number of nitrogens with zero attached hydrogens (tertiary/aromatic N) is 1. The van der Waals surface area contributed by atoms with Crippen molar-refractivity contribution in [1.82, 2.24) is 4.90 Å². The highest BCUT2D eigenvalue weighted by Crippen LogP contribution is 2.21. The third-order valence-electron chi connectivity index (χ3n) is 4.44. The van der Waals surface area contributed by atoms with Gasteiger partial charge in [0.2, 0.25) is 5.91 Å². The van der Waals surface area contributed by atoms with Crippen LogP contribution in [0.15, 0.2) is 54.6 Å². The Labute approximate surface area is 158 Å². The van der Waals surface area contributed by atoms with Crippen LogP contribution >= 0.6 is 0 Å². The van der Waals surface area contributed by atoms with Gasteiger partial charge >= 0.3 is 5.97 Å². The average molecular weight is 366 g/mol. The summed E-state index contributed by atoms with van der Waals surface area (Å²) in [5, 5.41) is 2.65. The van der Waals surface area contributed by atoms with Crippen LogP contribution in [0.25, 0.3) is 0 Å². The van der Waals surface area contributed by atoms with E-state index in [0.717, 1.165) is 11.1 Å². The van der Waals surface area contributed by atoms with Gasteiger partial charge in [0, 0.05) is 25.2 Å². The molecule has 1 atom stereocenters. The van der Waals surface area contributed by atoms with Crippen LogP contribution in [0.4, 0.5) is 5.69 Å². The number of para-hydroxylation sites is 1. The lowest BCUT2D eigenvalue weighted by Gasteiger charge is -2.16. The number of esters is 1. The van der Waals surface area contributed by atoms with E-state index in [9.17, 15) is 14.4 Å². The van der Waals surface area contributed by atoms with Gasteiger partial charge in [0.25, 0.3) is 5.91 Å². The first kappa shape index (κ1) is 18.6. The lowest BCUT2D eigenvalue weighted by atomic mass is 10.1. The smallest absolute Gasteiger partial charge is 0.311 e. The Balaban J connectivity index is 1.47. The van der Waals surface area contributed by atoms with Gasteiger partial charge < -0.3 is 15.0 Å². The Hall–Kier alpha value is -3.15. The van der Waals surface area contributed by atoms with Crippen molar-refractivity contribution in [2.24, 2.45) is 5.92 Å². The highest BCUT2D eigenvalue weighted by Gasteiger charge is 2.35. The van der Waals surface area contributed by atoms with E-state index in [1.807, 2.05) is 37.3 Å². The van der Waals surface area contributed by atoms with E-state index in [-0.39, 0.29) is 18.9 Å². The molecule has 27 heavy (non-hydrogen) atoms. The van der Waals surface area contributed by atoms with Crippen LogP contribution in [0, 0.1) is 12.8 Å². The molecule has 0 spiro atoms. The summed E-state index contributed by atoms with van der Waals surface area (Å²) in [5.74, 6) is -1.54. The van der Waals surface area contributed by atoms with Crippen LogP contribution in [0.2, 0.25) is 0 Å². The molecule has 1 fully saturated rings. The van der Waals surface area contributed by atoms with Gasteiger partial charge in [-0.25, -0.2) is 0 Å². The summed E-state index contributed by atoms with van der Waals surface area (Å²) in [6.45, 7) is 2.42. The van der Waals surface area contributed by atoms with Gasteiger partial charge in [0.15, 0.2) is 6.61 Å². The minimum Gasteiger partial charge on any atom is -0.455 e. The minimum atomic E-state index is -0.535. The van der Waals surface area contributed by atoms with Crippen LogP contribution in [0.5, 0.6) is 0 Å². The van der Waals surface area contributed by atoms with Gasteiger partial charge in [0.05, 0.1) is 5.92 Å². The number of hydrogen-bond acceptors (Lipinski definition) is 4. The zero-order chi connectivity index (χ0) is 19.2. The van der Waals surface area contributed by atoms with Crippen LogP contribution in [-0.4, -0.2) is 35.8 Å². The first-order valence-electron chi connectivity index (χ1n) is 8.86. The maximum Gasteiger partial charge on any atom is 0.311 e. The topological polar surface area (TPSA) is 75.7 Å². The van der Waals surface area contributed by atoms with Gasteiger partial charge in [-0.1, -0.05) is 48.0 Å². The fourth-order valence-electron chi connectivity index (χ4n) is 2.97. The van der Waals surface area contributed by atoms with Gasteiger partial charge in [-0.3, -0.25) is 14.4 Å². The highest BCUT2D eigenvalue weighted by molar-refractivity contribution is 5.93. The van der Waals surface area contributed by atoms with Gasteiger partial charge in [0.1, 0.15) is 0 Å². The Morgan fingerprint density at radius 1 is 1.11 bits per heavy atom. The monoisotopic (exact) mass is 366 g/mol. The molecule has 140 valence electrons. The molecule has 1 aliphatic rings. The highest BCUT2D eigenvalue weighted by atomic mass is 16.5. The third-order valence-corrected chi connectivity index (χ3v) is 4.44.